The molecule has 2 aromatic rings. The van der Waals surface area contributed by atoms with Crippen molar-refractivity contribution in [1.82, 2.24) is 4.90 Å². The number of para-hydroxylation sites is 2. The Bertz CT molecular complexity index is 917. The molecule has 31 heavy (non-hydrogen) atoms. The number of anilines is 1. The Kier molecular flexibility index (Phi) is 7.55. The van der Waals surface area contributed by atoms with Crippen LogP contribution >= 0.6 is 0 Å². The van der Waals surface area contributed by atoms with Crippen molar-refractivity contribution in [3.63, 3.8) is 0 Å². The first-order chi connectivity index (χ1) is 14.9. The number of amides is 2. The van der Waals surface area contributed by atoms with E-state index in [1.807, 2.05) is 43.0 Å². The molecule has 1 aliphatic rings. The maximum Gasteiger partial charge on any atom is 0.262 e. The zero-order chi connectivity index (χ0) is 22.4. The Balaban J connectivity index is 1.65. The lowest BCUT2D eigenvalue weighted by Crippen LogP contribution is -2.42. The van der Waals surface area contributed by atoms with Crippen LogP contribution in [-0.2, 0) is 4.79 Å². The fourth-order valence-corrected chi connectivity index (χ4v) is 4.07. The third-order valence-electron chi connectivity index (χ3n) is 5.42. The van der Waals surface area contributed by atoms with Gasteiger partial charge in [0.1, 0.15) is 0 Å². The number of nitrogens with zero attached hydrogens (tertiary/aromatic N) is 1. The van der Waals surface area contributed by atoms with Crippen LogP contribution in [-0.4, -0.2) is 43.0 Å². The van der Waals surface area contributed by atoms with Crippen molar-refractivity contribution in [2.45, 2.75) is 34.1 Å². The molecule has 1 fully saturated rings. The van der Waals surface area contributed by atoms with E-state index in [1.54, 1.807) is 18.2 Å². The molecule has 0 spiro atoms. The quantitative estimate of drug-likeness (QED) is 0.709. The molecular weight excluding hydrogens is 392 g/mol. The van der Waals surface area contributed by atoms with E-state index in [9.17, 15) is 9.59 Å². The van der Waals surface area contributed by atoms with Crippen LogP contribution in [0.4, 0.5) is 5.69 Å². The molecule has 1 saturated heterocycles. The van der Waals surface area contributed by atoms with Crippen molar-refractivity contribution in [3.05, 3.63) is 53.6 Å². The van der Waals surface area contributed by atoms with Gasteiger partial charge in [-0.05, 0) is 61.9 Å². The smallest absolute Gasteiger partial charge is 0.262 e. The van der Waals surface area contributed by atoms with Gasteiger partial charge >= 0.3 is 0 Å². The van der Waals surface area contributed by atoms with Crippen LogP contribution in [0.25, 0.3) is 0 Å². The van der Waals surface area contributed by atoms with E-state index < -0.39 is 0 Å². The van der Waals surface area contributed by atoms with Gasteiger partial charge in [0.25, 0.3) is 11.8 Å². The molecule has 3 rings (SSSR count). The summed E-state index contributed by atoms with van der Waals surface area (Å²) >= 11 is 0. The number of rotatable bonds is 7. The zero-order valence-corrected chi connectivity index (χ0v) is 18.8. The monoisotopic (exact) mass is 424 g/mol. The third-order valence-corrected chi connectivity index (χ3v) is 5.42. The average molecular weight is 425 g/mol. The fraction of sp³-hybridized carbons (Fsp3) is 0.440. The summed E-state index contributed by atoms with van der Waals surface area (Å²) in [4.78, 5) is 27.4. The minimum absolute atomic E-state index is 0.00999. The molecule has 0 aromatic heterocycles. The summed E-state index contributed by atoms with van der Waals surface area (Å²) in [5.41, 5.74) is 2.10. The molecule has 1 heterocycles. The molecule has 1 N–H and O–H groups in total. The molecule has 1 aliphatic heterocycles. The van der Waals surface area contributed by atoms with Gasteiger partial charge in [0, 0.05) is 24.3 Å². The highest BCUT2D eigenvalue weighted by Gasteiger charge is 2.26. The summed E-state index contributed by atoms with van der Waals surface area (Å²) in [6, 6.07) is 12.7. The van der Waals surface area contributed by atoms with Gasteiger partial charge in [-0.25, -0.2) is 0 Å². The number of hydrogen-bond acceptors (Lipinski definition) is 4. The van der Waals surface area contributed by atoms with Crippen LogP contribution in [0.15, 0.2) is 42.5 Å². The zero-order valence-electron chi connectivity index (χ0n) is 18.8. The summed E-state index contributed by atoms with van der Waals surface area (Å²) in [6.07, 6.45) is 1.14. The molecule has 0 saturated carbocycles. The van der Waals surface area contributed by atoms with E-state index in [0.29, 0.717) is 41.2 Å². The molecule has 0 bridgehead atoms. The van der Waals surface area contributed by atoms with Gasteiger partial charge in [-0.1, -0.05) is 32.0 Å². The molecule has 6 heteroatoms. The number of benzene rings is 2. The molecule has 0 aliphatic carbocycles. The number of aryl methyl sites for hydroxylation is 1. The number of likely N-dealkylation sites (tertiary alicyclic amines) is 1. The van der Waals surface area contributed by atoms with Gasteiger partial charge in [0.2, 0.25) is 0 Å². The SMILES string of the molecule is CCOc1ccccc1OCC(=O)Nc1cc(C(=O)N2CC(C)CC(C)C2)ccc1C. The molecule has 0 radical (unpaired) electrons. The topological polar surface area (TPSA) is 67.9 Å². The van der Waals surface area contributed by atoms with E-state index >= 15 is 0 Å². The van der Waals surface area contributed by atoms with Gasteiger partial charge in [-0.3, -0.25) is 9.59 Å². The van der Waals surface area contributed by atoms with Gasteiger partial charge in [0.15, 0.2) is 18.1 Å². The van der Waals surface area contributed by atoms with E-state index in [4.69, 9.17) is 9.47 Å². The number of hydrogen-bond donors (Lipinski definition) is 1. The Morgan fingerprint density at radius 3 is 2.32 bits per heavy atom. The summed E-state index contributed by atoms with van der Waals surface area (Å²) in [6.45, 7) is 10.1. The van der Waals surface area contributed by atoms with Crippen molar-refractivity contribution in [2.75, 3.05) is 31.6 Å². The highest BCUT2D eigenvalue weighted by atomic mass is 16.5. The maximum absolute atomic E-state index is 13.0. The Labute approximate surface area is 184 Å². The van der Waals surface area contributed by atoms with E-state index in [1.165, 1.54) is 0 Å². The first-order valence-corrected chi connectivity index (χ1v) is 10.9. The second kappa shape index (κ2) is 10.3. The largest absolute Gasteiger partial charge is 0.490 e. The van der Waals surface area contributed by atoms with Crippen LogP contribution in [0.5, 0.6) is 11.5 Å². The molecule has 2 aromatic carbocycles. The summed E-state index contributed by atoms with van der Waals surface area (Å²) in [5, 5.41) is 2.87. The Morgan fingerprint density at radius 2 is 1.68 bits per heavy atom. The van der Waals surface area contributed by atoms with Gasteiger partial charge in [0.05, 0.1) is 6.61 Å². The molecule has 2 unspecified atom stereocenters. The first kappa shape index (κ1) is 22.7. The standard InChI is InChI=1S/C25H32N2O4/c1-5-30-22-8-6-7-9-23(22)31-16-24(28)26-21-13-20(11-10-19(21)4)25(29)27-14-17(2)12-18(3)15-27/h6-11,13,17-18H,5,12,14-16H2,1-4H3,(H,26,28). The fourth-order valence-electron chi connectivity index (χ4n) is 4.07. The number of carbonyl (C=O) groups is 2. The summed E-state index contributed by atoms with van der Waals surface area (Å²) in [5.74, 6) is 1.83. The number of carbonyl (C=O) groups excluding carboxylic acids is 2. The lowest BCUT2D eigenvalue weighted by atomic mass is 9.91. The van der Waals surface area contributed by atoms with Gasteiger partial charge in [-0.15, -0.1) is 0 Å². The van der Waals surface area contributed by atoms with E-state index in [2.05, 4.69) is 19.2 Å². The number of nitrogens with one attached hydrogen (secondary N) is 1. The van der Waals surface area contributed by atoms with Gasteiger partial charge < -0.3 is 19.7 Å². The van der Waals surface area contributed by atoms with Crippen LogP contribution in [0, 0.1) is 18.8 Å². The van der Waals surface area contributed by atoms with Crippen molar-refractivity contribution in [3.8, 4) is 11.5 Å². The minimum atomic E-state index is -0.292. The highest BCUT2D eigenvalue weighted by molar-refractivity contribution is 5.98. The summed E-state index contributed by atoms with van der Waals surface area (Å²) < 4.78 is 11.2. The van der Waals surface area contributed by atoms with Crippen LogP contribution in [0.2, 0.25) is 0 Å². The van der Waals surface area contributed by atoms with Crippen molar-refractivity contribution in [2.24, 2.45) is 11.8 Å². The van der Waals surface area contributed by atoms with Crippen LogP contribution < -0.4 is 14.8 Å². The Hall–Kier alpha value is -3.02. The Morgan fingerprint density at radius 1 is 1.03 bits per heavy atom. The van der Waals surface area contributed by atoms with Crippen molar-refractivity contribution in [1.29, 1.82) is 0 Å². The molecule has 2 amide bonds. The van der Waals surface area contributed by atoms with Crippen molar-refractivity contribution >= 4 is 17.5 Å². The normalized spacial score (nSPS) is 18.4. The van der Waals surface area contributed by atoms with Crippen LogP contribution in [0.3, 0.4) is 0 Å². The van der Waals surface area contributed by atoms with E-state index in [0.717, 1.165) is 25.1 Å². The molecule has 6 nitrogen and oxygen atoms in total. The minimum Gasteiger partial charge on any atom is -0.490 e. The maximum atomic E-state index is 13.0. The molecular formula is C25H32N2O4. The lowest BCUT2D eigenvalue weighted by Gasteiger charge is -2.35. The predicted octanol–water partition coefficient (Wildman–Crippen LogP) is 4.53. The number of piperidine rings is 1. The average Bonchev–Trinajstić information content (AvgIpc) is 2.74. The predicted molar refractivity (Wildman–Crippen MR) is 122 cm³/mol. The second-order valence-electron chi connectivity index (χ2n) is 8.40. The van der Waals surface area contributed by atoms with Gasteiger partial charge in [-0.2, -0.15) is 0 Å². The lowest BCUT2D eigenvalue weighted by molar-refractivity contribution is -0.118. The molecule has 166 valence electrons. The summed E-state index contributed by atoms with van der Waals surface area (Å²) in [7, 11) is 0. The first-order valence-electron chi connectivity index (χ1n) is 10.9. The van der Waals surface area contributed by atoms with E-state index in [-0.39, 0.29) is 18.4 Å². The van der Waals surface area contributed by atoms with Crippen LogP contribution in [0.1, 0.15) is 43.1 Å². The number of ether oxygens (including phenoxy) is 2. The third kappa shape index (κ3) is 6.00. The second-order valence-corrected chi connectivity index (χ2v) is 8.40. The highest BCUT2D eigenvalue weighted by Crippen LogP contribution is 2.27. The van der Waals surface area contributed by atoms with Crippen molar-refractivity contribution < 1.29 is 19.1 Å². The molecule has 2 atom stereocenters.